The van der Waals surface area contributed by atoms with Gasteiger partial charge in [0.05, 0.1) is 6.61 Å². The maximum atomic E-state index is 11.8. The molecular weight excluding hydrogens is 312 g/mol. The van der Waals surface area contributed by atoms with Gasteiger partial charge in [-0.2, -0.15) is 0 Å². The number of benzene rings is 1. The zero-order valence-corrected chi connectivity index (χ0v) is 13.8. The van der Waals surface area contributed by atoms with Crippen LogP contribution < -0.4 is 15.4 Å². The van der Waals surface area contributed by atoms with Gasteiger partial charge in [-0.25, -0.2) is 0 Å². The van der Waals surface area contributed by atoms with E-state index in [1.54, 1.807) is 12.1 Å². The fourth-order valence-electron chi connectivity index (χ4n) is 1.82. The molecule has 1 aromatic heterocycles. The van der Waals surface area contributed by atoms with Crippen LogP contribution in [0.4, 0.5) is 5.69 Å². The lowest BCUT2D eigenvalue weighted by atomic mass is 10.3. The molecule has 0 bridgehead atoms. The molecule has 0 atom stereocenters. The third-order valence-corrected chi connectivity index (χ3v) is 3.02. The summed E-state index contributed by atoms with van der Waals surface area (Å²) in [6, 6.07) is 10.9. The summed E-state index contributed by atoms with van der Waals surface area (Å²) >= 11 is 5.10. The molecule has 0 saturated carbocycles. The maximum Gasteiger partial charge on any atom is 0.250 e. The number of thiocarbonyl (C=S) groups is 1. The molecule has 6 heteroatoms. The van der Waals surface area contributed by atoms with E-state index in [9.17, 15) is 4.79 Å². The third kappa shape index (κ3) is 5.60. The molecule has 2 rings (SSSR count). The SMILES string of the molecule is CCOc1ccc(NC(=S)NC(=O)/C=C/c2ccc(C)o2)cc1. The smallest absolute Gasteiger partial charge is 0.250 e. The summed E-state index contributed by atoms with van der Waals surface area (Å²) in [6.07, 6.45) is 2.95. The van der Waals surface area contributed by atoms with Crippen molar-refractivity contribution in [2.75, 3.05) is 11.9 Å². The predicted octanol–water partition coefficient (Wildman–Crippen LogP) is 3.51. The summed E-state index contributed by atoms with van der Waals surface area (Å²) in [5.74, 6) is 1.85. The van der Waals surface area contributed by atoms with E-state index in [4.69, 9.17) is 21.4 Å². The van der Waals surface area contributed by atoms with Crippen molar-refractivity contribution in [3.05, 3.63) is 54.0 Å². The first-order chi connectivity index (χ1) is 11.1. The van der Waals surface area contributed by atoms with Gasteiger partial charge < -0.3 is 14.5 Å². The number of carbonyl (C=O) groups is 1. The number of carbonyl (C=O) groups excluding carboxylic acids is 1. The Morgan fingerprint density at radius 2 is 2.00 bits per heavy atom. The second-order valence-corrected chi connectivity index (χ2v) is 5.09. The largest absolute Gasteiger partial charge is 0.494 e. The van der Waals surface area contributed by atoms with Crippen molar-refractivity contribution in [1.29, 1.82) is 0 Å². The first-order valence-electron chi connectivity index (χ1n) is 7.16. The van der Waals surface area contributed by atoms with Crippen LogP contribution in [0.1, 0.15) is 18.4 Å². The molecule has 1 amide bonds. The monoisotopic (exact) mass is 330 g/mol. The molecule has 0 saturated heterocycles. The van der Waals surface area contributed by atoms with Gasteiger partial charge >= 0.3 is 0 Å². The lowest BCUT2D eigenvalue weighted by Crippen LogP contribution is -2.32. The van der Waals surface area contributed by atoms with Gasteiger partial charge in [-0.1, -0.05) is 0 Å². The van der Waals surface area contributed by atoms with Gasteiger partial charge in [-0.05, 0) is 68.5 Å². The van der Waals surface area contributed by atoms with Crippen LogP contribution in [-0.2, 0) is 4.79 Å². The van der Waals surface area contributed by atoms with Gasteiger partial charge in [0, 0.05) is 11.8 Å². The predicted molar refractivity (Wildman–Crippen MR) is 94.5 cm³/mol. The van der Waals surface area contributed by atoms with E-state index in [0.29, 0.717) is 12.4 Å². The lowest BCUT2D eigenvalue weighted by molar-refractivity contribution is -0.115. The summed E-state index contributed by atoms with van der Waals surface area (Å²) in [5.41, 5.74) is 0.768. The molecule has 2 aromatic rings. The zero-order valence-electron chi connectivity index (χ0n) is 13.0. The van der Waals surface area contributed by atoms with Crippen molar-refractivity contribution in [3.63, 3.8) is 0 Å². The highest BCUT2D eigenvalue weighted by molar-refractivity contribution is 7.80. The van der Waals surface area contributed by atoms with Crippen LogP contribution in [0.25, 0.3) is 6.08 Å². The van der Waals surface area contributed by atoms with Crippen LogP contribution >= 0.6 is 12.2 Å². The fourth-order valence-corrected chi connectivity index (χ4v) is 2.04. The highest BCUT2D eigenvalue weighted by Crippen LogP contribution is 2.15. The molecule has 1 heterocycles. The molecule has 23 heavy (non-hydrogen) atoms. The molecule has 2 N–H and O–H groups in total. The number of nitrogens with one attached hydrogen (secondary N) is 2. The number of anilines is 1. The molecule has 0 radical (unpaired) electrons. The standard InChI is InChI=1S/C17H18N2O3S/c1-3-21-14-8-5-13(6-9-14)18-17(23)19-16(20)11-10-15-7-4-12(2)22-15/h4-11H,3H2,1-2H3,(H2,18,19,20,23)/b11-10+. The molecule has 120 valence electrons. The Morgan fingerprint density at radius 1 is 1.26 bits per heavy atom. The van der Waals surface area contributed by atoms with E-state index in [1.165, 1.54) is 6.08 Å². The minimum absolute atomic E-state index is 0.222. The molecular formula is C17H18N2O3S. The fraction of sp³-hybridized carbons (Fsp3) is 0.176. The Balaban J connectivity index is 1.83. The van der Waals surface area contributed by atoms with Gasteiger partial charge in [0.1, 0.15) is 17.3 Å². The quantitative estimate of drug-likeness (QED) is 0.649. The number of hydrogen-bond donors (Lipinski definition) is 2. The van der Waals surface area contributed by atoms with E-state index >= 15 is 0 Å². The third-order valence-electron chi connectivity index (χ3n) is 2.82. The molecule has 5 nitrogen and oxygen atoms in total. The van der Waals surface area contributed by atoms with E-state index in [0.717, 1.165) is 17.2 Å². The van der Waals surface area contributed by atoms with Gasteiger partial charge in [-0.3, -0.25) is 10.1 Å². The van der Waals surface area contributed by atoms with Crippen LogP contribution in [-0.4, -0.2) is 17.6 Å². The van der Waals surface area contributed by atoms with Crippen molar-refractivity contribution in [3.8, 4) is 5.75 Å². The summed E-state index contributed by atoms with van der Waals surface area (Å²) in [5, 5.41) is 5.72. The normalized spacial score (nSPS) is 10.5. The van der Waals surface area contributed by atoms with E-state index in [2.05, 4.69) is 10.6 Å². The number of ether oxygens (including phenoxy) is 1. The first-order valence-corrected chi connectivity index (χ1v) is 7.57. The van der Waals surface area contributed by atoms with Gasteiger partial charge in [0.25, 0.3) is 0 Å². The summed E-state index contributed by atoms with van der Waals surface area (Å²) in [6.45, 7) is 4.38. The molecule has 0 aliphatic carbocycles. The molecule has 0 aliphatic rings. The number of aryl methyl sites for hydroxylation is 1. The number of furan rings is 1. The van der Waals surface area contributed by atoms with Crippen molar-refractivity contribution in [2.24, 2.45) is 0 Å². The van der Waals surface area contributed by atoms with Gasteiger partial charge in [0.2, 0.25) is 5.91 Å². The van der Waals surface area contributed by atoms with Crippen LogP contribution in [0.3, 0.4) is 0 Å². The Hall–Kier alpha value is -2.60. The van der Waals surface area contributed by atoms with E-state index < -0.39 is 0 Å². The Bertz CT molecular complexity index is 705. The van der Waals surface area contributed by atoms with E-state index in [-0.39, 0.29) is 11.0 Å². The Morgan fingerprint density at radius 3 is 2.61 bits per heavy atom. The molecule has 0 unspecified atom stereocenters. The van der Waals surface area contributed by atoms with Crippen molar-refractivity contribution < 1.29 is 13.9 Å². The average molecular weight is 330 g/mol. The van der Waals surface area contributed by atoms with Crippen molar-refractivity contribution in [2.45, 2.75) is 13.8 Å². The number of hydrogen-bond acceptors (Lipinski definition) is 4. The van der Waals surface area contributed by atoms with Crippen molar-refractivity contribution >= 4 is 35.0 Å². The maximum absolute atomic E-state index is 11.8. The second kappa shape index (κ2) is 8.14. The molecule has 0 spiro atoms. The zero-order chi connectivity index (χ0) is 16.7. The highest BCUT2D eigenvalue weighted by atomic mass is 32.1. The van der Waals surface area contributed by atoms with Gasteiger partial charge in [-0.15, -0.1) is 0 Å². The Kier molecular flexibility index (Phi) is 5.94. The summed E-state index contributed by atoms with van der Waals surface area (Å²) in [7, 11) is 0. The van der Waals surface area contributed by atoms with Gasteiger partial charge in [0.15, 0.2) is 5.11 Å². The number of rotatable bonds is 5. The van der Waals surface area contributed by atoms with Crippen molar-refractivity contribution in [1.82, 2.24) is 5.32 Å². The molecule has 1 aromatic carbocycles. The minimum atomic E-state index is -0.331. The van der Waals surface area contributed by atoms with Crippen LogP contribution in [0, 0.1) is 6.92 Å². The molecule has 0 fully saturated rings. The summed E-state index contributed by atoms with van der Waals surface area (Å²) < 4.78 is 10.7. The van der Waals surface area contributed by atoms with Crippen LogP contribution in [0.2, 0.25) is 0 Å². The second-order valence-electron chi connectivity index (χ2n) is 4.68. The minimum Gasteiger partial charge on any atom is -0.494 e. The average Bonchev–Trinajstić information content (AvgIpc) is 2.93. The van der Waals surface area contributed by atoms with E-state index in [1.807, 2.05) is 44.2 Å². The Labute approximate surface area is 140 Å². The topological polar surface area (TPSA) is 63.5 Å². The first kappa shape index (κ1) is 16.8. The van der Waals surface area contributed by atoms with Crippen LogP contribution in [0.5, 0.6) is 5.75 Å². The van der Waals surface area contributed by atoms with Crippen LogP contribution in [0.15, 0.2) is 46.9 Å². The lowest BCUT2D eigenvalue weighted by Gasteiger charge is -2.09. The highest BCUT2D eigenvalue weighted by Gasteiger charge is 2.02. The molecule has 0 aliphatic heterocycles. The summed E-state index contributed by atoms with van der Waals surface area (Å²) in [4.78, 5) is 11.8. The number of amides is 1.